The Morgan fingerprint density at radius 2 is 1.77 bits per heavy atom. The molecule has 2 aromatic carbocycles. The van der Waals surface area contributed by atoms with Gasteiger partial charge in [0, 0.05) is 42.4 Å². The zero-order chi connectivity index (χ0) is 33.3. The zero-order valence-electron chi connectivity index (χ0n) is 27.6. The van der Waals surface area contributed by atoms with E-state index in [9.17, 15) is 4.39 Å². The maximum Gasteiger partial charge on any atom is 0.134 e. The molecule has 0 aliphatic heterocycles. The highest BCUT2D eigenvalue weighted by Gasteiger charge is 2.15. The molecule has 0 aliphatic rings. The van der Waals surface area contributed by atoms with Gasteiger partial charge >= 0.3 is 0 Å². The van der Waals surface area contributed by atoms with Crippen LogP contribution in [0.25, 0.3) is 33.6 Å². The average molecular weight is 628 g/mol. The number of aromatic nitrogens is 4. The first kappa shape index (κ1) is 33.0. The molecule has 0 bridgehead atoms. The van der Waals surface area contributed by atoms with Crippen molar-refractivity contribution >= 4 is 28.0 Å². The standard InChI is InChI=1S/C39H42FN7/c1-7-11-35(31-21-33(40)23-34(22-31)42-18-19-47(5)6)26(2)27(3)43-28(4)38-39-37(45-46-38)17-16-36(44-39)32-20-30(24-41-25-32)15-14-29-12-9-8-10-13-29/h7-13,16-17,20-25,42-43H,1,4,14-15,18-19H2,2-3,5-6H3,(H,45,46)/b27-26+,35-11+. The summed E-state index contributed by atoms with van der Waals surface area (Å²) in [5.74, 6) is -0.311. The van der Waals surface area contributed by atoms with Crippen molar-refractivity contribution < 1.29 is 4.39 Å². The predicted molar refractivity (Wildman–Crippen MR) is 193 cm³/mol. The van der Waals surface area contributed by atoms with E-state index in [1.54, 1.807) is 6.08 Å². The summed E-state index contributed by atoms with van der Waals surface area (Å²) in [5.41, 5.74) is 11.0. The van der Waals surface area contributed by atoms with Gasteiger partial charge in [0.15, 0.2) is 0 Å². The number of rotatable bonds is 14. The van der Waals surface area contributed by atoms with Crippen molar-refractivity contribution in [1.82, 2.24) is 30.4 Å². The molecule has 7 nitrogen and oxygen atoms in total. The first-order valence-corrected chi connectivity index (χ1v) is 15.7. The number of benzene rings is 2. The number of pyridine rings is 2. The van der Waals surface area contributed by atoms with Gasteiger partial charge in [0.25, 0.3) is 0 Å². The molecule has 0 aliphatic carbocycles. The normalized spacial score (nSPS) is 12.3. The predicted octanol–water partition coefficient (Wildman–Crippen LogP) is 8.04. The number of nitrogens with zero attached hydrogens (tertiary/aromatic N) is 4. The Balaban J connectivity index is 1.36. The molecule has 0 spiro atoms. The van der Waals surface area contributed by atoms with Crippen molar-refractivity contribution in [2.75, 3.05) is 32.5 Å². The molecule has 3 aromatic heterocycles. The zero-order valence-corrected chi connectivity index (χ0v) is 27.6. The molecule has 0 saturated heterocycles. The number of aromatic amines is 1. The van der Waals surface area contributed by atoms with Gasteiger partial charge in [-0.2, -0.15) is 5.10 Å². The average Bonchev–Trinajstić information content (AvgIpc) is 3.50. The lowest BCUT2D eigenvalue weighted by Crippen LogP contribution is -2.20. The molecule has 3 N–H and O–H groups in total. The van der Waals surface area contributed by atoms with Crippen LogP contribution in [-0.4, -0.2) is 52.3 Å². The Kier molecular flexibility index (Phi) is 10.8. The van der Waals surface area contributed by atoms with E-state index in [-0.39, 0.29) is 5.82 Å². The number of hydrogen-bond acceptors (Lipinski definition) is 6. The summed E-state index contributed by atoms with van der Waals surface area (Å²) in [5, 5.41) is 14.4. The number of hydrogen-bond donors (Lipinski definition) is 3. The number of anilines is 1. The summed E-state index contributed by atoms with van der Waals surface area (Å²) >= 11 is 0. The Morgan fingerprint density at radius 3 is 2.53 bits per heavy atom. The lowest BCUT2D eigenvalue weighted by atomic mass is 9.96. The number of nitrogens with one attached hydrogen (secondary N) is 3. The molecular formula is C39H42FN7. The molecule has 47 heavy (non-hydrogen) atoms. The summed E-state index contributed by atoms with van der Waals surface area (Å²) in [6, 6.07) is 21.6. The van der Waals surface area contributed by atoms with Crippen LogP contribution >= 0.6 is 0 Å². The summed E-state index contributed by atoms with van der Waals surface area (Å²) in [6.45, 7) is 13.7. The SMILES string of the molecule is C=C/C=C(\C(C)=C(/C)NC(=C)c1n[nH]c2ccc(-c3cncc(CCc4ccccc4)c3)nc12)c1cc(F)cc(NCCN(C)C)c1. The van der Waals surface area contributed by atoms with Crippen LogP contribution in [0.4, 0.5) is 10.1 Å². The molecule has 3 heterocycles. The Hall–Kier alpha value is -5.34. The minimum absolute atomic E-state index is 0.311. The van der Waals surface area contributed by atoms with E-state index in [1.165, 1.54) is 17.7 Å². The quantitative estimate of drug-likeness (QED) is 0.108. The Bertz CT molecular complexity index is 1940. The molecule has 0 amide bonds. The number of halogens is 1. The van der Waals surface area contributed by atoms with Crippen LogP contribution in [0.5, 0.6) is 0 Å². The molecular weight excluding hydrogens is 585 g/mol. The van der Waals surface area contributed by atoms with E-state index >= 15 is 0 Å². The summed E-state index contributed by atoms with van der Waals surface area (Å²) < 4.78 is 14.7. The number of H-pyrrole nitrogens is 1. The highest BCUT2D eigenvalue weighted by atomic mass is 19.1. The summed E-state index contributed by atoms with van der Waals surface area (Å²) in [7, 11) is 4.01. The molecule has 5 rings (SSSR count). The molecule has 8 heteroatoms. The highest BCUT2D eigenvalue weighted by Crippen LogP contribution is 2.30. The van der Waals surface area contributed by atoms with Gasteiger partial charge in [-0.15, -0.1) is 0 Å². The van der Waals surface area contributed by atoms with E-state index in [0.717, 1.165) is 69.8 Å². The van der Waals surface area contributed by atoms with Crippen molar-refractivity contribution in [2.24, 2.45) is 0 Å². The summed E-state index contributed by atoms with van der Waals surface area (Å²) in [4.78, 5) is 11.6. The fourth-order valence-corrected chi connectivity index (χ4v) is 5.38. The van der Waals surface area contributed by atoms with Crippen LogP contribution in [-0.2, 0) is 12.8 Å². The third kappa shape index (κ3) is 8.48. The number of likely N-dealkylation sites (N-methyl/N-ethyl adjacent to an activating group) is 1. The van der Waals surface area contributed by atoms with Crippen molar-refractivity contribution in [1.29, 1.82) is 0 Å². The second kappa shape index (κ2) is 15.3. The third-order valence-corrected chi connectivity index (χ3v) is 8.02. The molecule has 0 unspecified atom stereocenters. The Morgan fingerprint density at radius 1 is 0.979 bits per heavy atom. The molecule has 0 fully saturated rings. The van der Waals surface area contributed by atoms with Gasteiger partial charge in [0.2, 0.25) is 0 Å². The minimum atomic E-state index is -0.311. The van der Waals surface area contributed by atoms with Crippen molar-refractivity contribution in [3.8, 4) is 11.3 Å². The number of fused-ring (bicyclic) bond motifs is 1. The molecule has 240 valence electrons. The van der Waals surface area contributed by atoms with E-state index in [1.807, 2.05) is 70.7 Å². The first-order chi connectivity index (χ1) is 22.7. The lowest BCUT2D eigenvalue weighted by Gasteiger charge is -2.17. The number of aryl methyl sites for hydroxylation is 2. The highest BCUT2D eigenvalue weighted by molar-refractivity contribution is 5.88. The van der Waals surface area contributed by atoms with Gasteiger partial charge < -0.3 is 15.5 Å². The summed E-state index contributed by atoms with van der Waals surface area (Å²) in [6.07, 6.45) is 9.19. The fourth-order valence-electron chi connectivity index (χ4n) is 5.38. The fraction of sp³-hybridized carbons (Fsp3) is 0.205. The second-order valence-electron chi connectivity index (χ2n) is 11.9. The topological polar surface area (TPSA) is 81.8 Å². The van der Waals surface area contributed by atoms with E-state index in [4.69, 9.17) is 4.98 Å². The van der Waals surface area contributed by atoms with Crippen LogP contribution in [0.2, 0.25) is 0 Å². The third-order valence-electron chi connectivity index (χ3n) is 8.02. The van der Waals surface area contributed by atoms with E-state index < -0.39 is 0 Å². The second-order valence-corrected chi connectivity index (χ2v) is 11.9. The van der Waals surface area contributed by atoms with Crippen LogP contribution in [0, 0.1) is 5.82 Å². The van der Waals surface area contributed by atoms with Crippen LogP contribution < -0.4 is 10.6 Å². The first-order valence-electron chi connectivity index (χ1n) is 15.7. The molecule has 0 atom stereocenters. The van der Waals surface area contributed by atoms with Crippen LogP contribution in [0.15, 0.2) is 116 Å². The van der Waals surface area contributed by atoms with Crippen molar-refractivity contribution in [2.45, 2.75) is 26.7 Å². The molecule has 0 saturated carbocycles. The van der Waals surface area contributed by atoms with Gasteiger partial charge in [0.1, 0.15) is 17.0 Å². The monoisotopic (exact) mass is 627 g/mol. The van der Waals surface area contributed by atoms with Gasteiger partial charge in [-0.1, -0.05) is 55.6 Å². The van der Waals surface area contributed by atoms with E-state index in [0.29, 0.717) is 23.5 Å². The Labute approximate surface area is 276 Å². The molecule has 5 aromatic rings. The number of allylic oxidation sites excluding steroid dienone is 5. The lowest BCUT2D eigenvalue weighted by molar-refractivity contribution is 0.425. The minimum Gasteiger partial charge on any atom is -0.384 e. The van der Waals surface area contributed by atoms with Gasteiger partial charge in [-0.3, -0.25) is 10.1 Å². The van der Waals surface area contributed by atoms with E-state index in [2.05, 4.69) is 74.2 Å². The van der Waals surface area contributed by atoms with Crippen LogP contribution in [0.3, 0.4) is 0 Å². The smallest absolute Gasteiger partial charge is 0.134 e. The van der Waals surface area contributed by atoms with Crippen molar-refractivity contribution in [3.63, 3.8) is 0 Å². The van der Waals surface area contributed by atoms with Gasteiger partial charge in [-0.05, 0) is 105 Å². The maximum absolute atomic E-state index is 14.7. The van der Waals surface area contributed by atoms with Crippen molar-refractivity contribution in [3.05, 3.63) is 144 Å². The maximum atomic E-state index is 14.7. The van der Waals surface area contributed by atoms with Gasteiger partial charge in [0.05, 0.1) is 16.9 Å². The van der Waals surface area contributed by atoms with Crippen LogP contribution in [0.1, 0.15) is 36.2 Å². The van der Waals surface area contributed by atoms with Gasteiger partial charge in [-0.25, -0.2) is 9.37 Å². The molecule has 0 radical (unpaired) electrons. The largest absolute Gasteiger partial charge is 0.384 e.